The lowest BCUT2D eigenvalue weighted by Crippen LogP contribution is -2.51. The number of sulfone groups is 1. The fourth-order valence-corrected chi connectivity index (χ4v) is 4.51. The molecule has 1 aromatic carbocycles. The number of hydrogen-bond donors (Lipinski definition) is 1. The van der Waals surface area contributed by atoms with Crippen molar-refractivity contribution in [2.75, 3.05) is 12.8 Å². The number of rotatable bonds is 3. The number of thiol groups is 1. The molecule has 3 rings (SSSR count). The third kappa shape index (κ3) is 4.28. The molecule has 1 fully saturated rings. The van der Waals surface area contributed by atoms with E-state index in [-0.39, 0.29) is 17.2 Å². The van der Waals surface area contributed by atoms with E-state index in [0.29, 0.717) is 16.8 Å². The molecule has 2 heterocycles. The van der Waals surface area contributed by atoms with Gasteiger partial charge in [0.2, 0.25) is 0 Å². The number of carbonyl (C=O) groups excluding carboxylic acids is 2. The molecule has 0 aliphatic carbocycles. The monoisotopic (exact) mass is 430 g/mol. The van der Waals surface area contributed by atoms with Gasteiger partial charge in [-0.1, -0.05) is 44.7 Å². The number of pyridine rings is 1. The lowest BCUT2D eigenvalue weighted by Gasteiger charge is -2.46. The Balaban J connectivity index is 2.05. The van der Waals surface area contributed by atoms with Crippen LogP contribution in [0, 0.1) is 5.41 Å². The van der Waals surface area contributed by atoms with E-state index in [1.165, 1.54) is 17.0 Å². The van der Waals surface area contributed by atoms with Crippen molar-refractivity contribution < 1.29 is 18.0 Å². The molecule has 0 N–H and O–H groups in total. The minimum absolute atomic E-state index is 0.0915. The van der Waals surface area contributed by atoms with Gasteiger partial charge in [0, 0.05) is 18.0 Å². The molecule has 6 nitrogen and oxygen atoms in total. The fourth-order valence-electron chi connectivity index (χ4n) is 3.70. The minimum atomic E-state index is -3.34. The van der Waals surface area contributed by atoms with E-state index in [2.05, 4.69) is 17.6 Å². The Bertz CT molecular complexity index is 1080. The quantitative estimate of drug-likeness (QED) is 0.594. The number of aromatic nitrogens is 1. The molecular formula is C21H22N2O4S2. The zero-order valence-corrected chi connectivity index (χ0v) is 18.1. The maximum absolute atomic E-state index is 13.3. The maximum atomic E-state index is 13.3. The smallest absolute Gasteiger partial charge is 0.279 e. The molecule has 0 radical (unpaired) electrons. The van der Waals surface area contributed by atoms with Gasteiger partial charge in [0.1, 0.15) is 0 Å². The first-order valence-corrected chi connectivity index (χ1v) is 11.3. The second-order valence-electron chi connectivity index (χ2n) is 7.63. The molecule has 8 heteroatoms. The Kier molecular flexibility index (Phi) is 5.69. The first-order valence-electron chi connectivity index (χ1n) is 8.98. The highest BCUT2D eigenvalue weighted by atomic mass is 32.2. The van der Waals surface area contributed by atoms with Gasteiger partial charge in [0.05, 0.1) is 28.6 Å². The first kappa shape index (κ1) is 21.3. The summed E-state index contributed by atoms with van der Waals surface area (Å²) in [5, 5.41) is -0.463. The normalized spacial score (nSPS) is 20.7. The third-order valence-electron chi connectivity index (χ3n) is 5.09. The number of amides is 1. The Hall–Kier alpha value is -2.45. The lowest BCUT2D eigenvalue weighted by atomic mass is 9.71. The van der Waals surface area contributed by atoms with Gasteiger partial charge in [-0.15, -0.1) is 0 Å². The van der Waals surface area contributed by atoms with Crippen LogP contribution in [0.15, 0.2) is 59.1 Å². The summed E-state index contributed by atoms with van der Waals surface area (Å²) in [6.45, 7) is 3.65. The SMILES string of the molecule is CC1(C)C(=O)/C(=C\c2ccccn2)CN(C(=O)S)C1c1ccc(S(C)(=O)=O)cc1. The molecule has 152 valence electrons. The Morgan fingerprint density at radius 2 is 1.86 bits per heavy atom. The summed E-state index contributed by atoms with van der Waals surface area (Å²) in [5.41, 5.74) is 0.841. The molecule has 1 saturated heterocycles. The molecule has 0 spiro atoms. The van der Waals surface area contributed by atoms with Crippen molar-refractivity contribution in [3.63, 3.8) is 0 Å². The first-order chi connectivity index (χ1) is 13.5. The summed E-state index contributed by atoms with van der Waals surface area (Å²) >= 11 is 4.03. The number of carbonyl (C=O) groups is 2. The topological polar surface area (TPSA) is 84.4 Å². The lowest BCUT2D eigenvalue weighted by molar-refractivity contribution is -0.128. The molecular weight excluding hydrogens is 408 g/mol. The van der Waals surface area contributed by atoms with E-state index in [0.717, 1.165) is 6.26 Å². The second-order valence-corrected chi connectivity index (χ2v) is 10.0. The largest absolute Gasteiger partial charge is 0.321 e. The number of benzene rings is 1. The zero-order chi connectivity index (χ0) is 21.4. The molecule has 0 bridgehead atoms. The highest BCUT2D eigenvalue weighted by molar-refractivity contribution is 7.96. The number of ketones is 1. The van der Waals surface area contributed by atoms with Crippen molar-refractivity contribution in [3.05, 3.63) is 65.5 Å². The van der Waals surface area contributed by atoms with Gasteiger partial charge in [-0.25, -0.2) is 8.42 Å². The van der Waals surface area contributed by atoms with Crippen LogP contribution in [-0.4, -0.2) is 42.1 Å². The van der Waals surface area contributed by atoms with Gasteiger partial charge >= 0.3 is 0 Å². The van der Waals surface area contributed by atoms with Gasteiger partial charge in [0.15, 0.2) is 15.6 Å². The van der Waals surface area contributed by atoms with Crippen LogP contribution >= 0.6 is 12.6 Å². The summed E-state index contributed by atoms with van der Waals surface area (Å²) in [5.74, 6) is -0.0915. The summed E-state index contributed by atoms with van der Waals surface area (Å²) in [6, 6.07) is 11.1. The van der Waals surface area contributed by atoms with E-state index < -0.39 is 26.5 Å². The van der Waals surface area contributed by atoms with Gasteiger partial charge in [0.25, 0.3) is 5.24 Å². The number of nitrogens with zero attached hydrogens (tertiary/aromatic N) is 2. The van der Waals surface area contributed by atoms with Gasteiger partial charge in [-0.2, -0.15) is 0 Å². The Labute approximate surface area is 176 Å². The summed E-state index contributed by atoms with van der Waals surface area (Å²) in [4.78, 5) is 31.5. The van der Waals surface area contributed by atoms with E-state index in [9.17, 15) is 18.0 Å². The standard InChI is InChI=1S/C21H22N2O4S2/c1-21(2)18(14-7-9-17(10-8-14)29(3,26)27)23(20(25)28)13-15(19(21)24)12-16-6-4-5-11-22-16/h4-12,18H,13H2,1-3H3,(H,25,28)/b15-12-. The van der Waals surface area contributed by atoms with E-state index in [4.69, 9.17) is 0 Å². The van der Waals surface area contributed by atoms with Gasteiger partial charge in [-0.05, 0) is 35.9 Å². The third-order valence-corrected chi connectivity index (χ3v) is 6.48. The fraction of sp³-hybridized carbons (Fsp3) is 0.286. The molecule has 1 aliphatic rings. The van der Waals surface area contributed by atoms with Crippen molar-refractivity contribution >= 4 is 39.6 Å². The number of Topliss-reactive ketones (excluding diaryl/α,β-unsaturated/α-hetero) is 1. The van der Waals surface area contributed by atoms with Crippen LogP contribution in [0.5, 0.6) is 0 Å². The van der Waals surface area contributed by atoms with Crippen LogP contribution in [-0.2, 0) is 14.6 Å². The van der Waals surface area contributed by atoms with Crippen LogP contribution in [0.2, 0.25) is 0 Å². The molecule has 1 unspecified atom stereocenters. The second kappa shape index (κ2) is 7.76. The predicted molar refractivity (Wildman–Crippen MR) is 114 cm³/mol. The van der Waals surface area contributed by atoms with Crippen LogP contribution in [0.3, 0.4) is 0 Å². The van der Waals surface area contributed by atoms with E-state index in [1.54, 1.807) is 50.4 Å². The highest BCUT2D eigenvalue weighted by Crippen LogP contribution is 2.45. The molecule has 29 heavy (non-hydrogen) atoms. The molecule has 1 aromatic heterocycles. The average molecular weight is 431 g/mol. The number of likely N-dealkylation sites (tertiary alicyclic amines) is 1. The number of piperidine rings is 1. The average Bonchev–Trinajstić information content (AvgIpc) is 2.65. The van der Waals surface area contributed by atoms with Gasteiger partial charge < -0.3 is 4.90 Å². The number of hydrogen-bond acceptors (Lipinski definition) is 5. The van der Waals surface area contributed by atoms with Crippen LogP contribution in [0.1, 0.15) is 31.1 Å². The molecule has 1 amide bonds. The van der Waals surface area contributed by atoms with Crippen molar-refractivity contribution in [3.8, 4) is 0 Å². The summed E-state index contributed by atoms with van der Waals surface area (Å²) in [6.07, 6.45) is 4.46. The molecule has 1 aliphatic heterocycles. The van der Waals surface area contributed by atoms with Crippen molar-refractivity contribution in [2.24, 2.45) is 5.41 Å². The van der Waals surface area contributed by atoms with Gasteiger partial charge in [-0.3, -0.25) is 14.6 Å². The van der Waals surface area contributed by atoms with Crippen molar-refractivity contribution in [2.45, 2.75) is 24.8 Å². The van der Waals surface area contributed by atoms with E-state index in [1.807, 2.05) is 6.07 Å². The van der Waals surface area contributed by atoms with E-state index >= 15 is 0 Å². The van der Waals surface area contributed by atoms with Crippen LogP contribution in [0.25, 0.3) is 6.08 Å². The van der Waals surface area contributed by atoms with Crippen molar-refractivity contribution in [1.82, 2.24) is 9.88 Å². The Morgan fingerprint density at radius 3 is 2.38 bits per heavy atom. The van der Waals surface area contributed by atoms with Crippen molar-refractivity contribution in [1.29, 1.82) is 0 Å². The van der Waals surface area contributed by atoms with Crippen LogP contribution < -0.4 is 0 Å². The minimum Gasteiger partial charge on any atom is -0.321 e. The zero-order valence-electron chi connectivity index (χ0n) is 16.4. The summed E-state index contributed by atoms with van der Waals surface area (Å²) < 4.78 is 23.5. The maximum Gasteiger partial charge on any atom is 0.279 e. The molecule has 2 aromatic rings. The Morgan fingerprint density at radius 1 is 1.21 bits per heavy atom. The van der Waals surface area contributed by atoms with Crippen LogP contribution in [0.4, 0.5) is 4.79 Å². The summed E-state index contributed by atoms with van der Waals surface area (Å²) in [7, 11) is -3.34. The molecule has 1 atom stereocenters. The predicted octanol–water partition coefficient (Wildman–Crippen LogP) is 3.57. The highest BCUT2D eigenvalue weighted by Gasteiger charge is 2.48. The molecule has 0 saturated carbocycles.